The van der Waals surface area contributed by atoms with E-state index in [1.807, 2.05) is 0 Å². The van der Waals surface area contributed by atoms with Crippen LogP contribution >= 0.6 is 0 Å². The lowest BCUT2D eigenvalue weighted by Gasteiger charge is -2.28. The molecule has 0 saturated heterocycles. The predicted octanol–water partition coefficient (Wildman–Crippen LogP) is 7.54. The zero-order valence-electron chi connectivity index (χ0n) is 19.5. The minimum Gasteiger partial charge on any atom is -0.348 e. The Kier molecular flexibility index (Phi) is 7.07. The van der Waals surface area contributed by atoms with Gasteiger partial charge in [0.25, 0.3) is 0 Å². The molecule has 37 heavy (non-hydrogen) atoms. The number of nitrogens with zero attached hydrogens (tertiary/aromatic N) is 3. The second-order valence-electron chi connectivity index (χ2n) is 8.76. The van der Waals surface area contributed by atoms with Crippen LogP contribution in [0.25, 0.3) is 22.8 Å². The zero-order chi connectivity index (χ0) is 27.0. The van der Waals surface area contributed by atoms with Crippen molar-refractivity contribution in [2.75, 3.05) is 0 Å². The van der Waals surface area contributed by atoms with E-state index in [1.165, 1.54) is 6.07 Å². The smallest absolute Gasteiger partial charge is 0.348 e. The average molecular weight is 522 g/mol. The van der Waals surface area contributed by atoms with Crippen LogP contribution in [0.2, 0.25) is 0 Å². The minimum absolute atomic E-state index is 0.171. The fourth-order valence-corrected chi connectivity index (χ4v) is 4.08. The van der Waals surface area contributed by atoms with Crippen molar-refractivity contribution in [2.24, 2.45) is 5.92 Å². The monoisotopic (exact) mass is 522 g/mol. The van der Waals surface area contributed by atoms with Gasteiger partial charge in [-0.25, -0.2) is 14.4 Å². The average Bonchev–Trinajstić information content (AvgIpc) is 3.24. The maximum atomic E-state index is 14.1. The van der Waals surface area contributed by atoms with Gasteiger partial charge in [0.2, 0.25) is 0 Å². The molecule has 0 amide bonds. The molecule has 3 aliphatic rings. The van der Waals surface area contributed by atoms with E-state index in [9.17, 15) is 30.7 Å². The molecular formula is C26H21F7N4. The maximum absolute atomic E-state index is 14.1. The Hall–Kier alpha value is -3.76. The highest BCUT2D eigenvalue weighted by molar-refractivity contribution is 5.99. The fraction of sp³-hybridized carbons (Fsp3) is 0.269. The van der Waals surface area contributed by atoms with Crippen LogP contribution in [-0.2, 0) is 6.54 Å². The number of hydrogen-bond acceptors (Lipinski definition) is 3. The number of allylic oxidation sites excluding steroid dienone is 6. The van der Waals surface area contributed by atoms with Crippen LogP contribution in [0, 0.1) is 17.1 Å². The summed E-state index contributed by atoms with van der Waals surface area (Å²) in [4.78, 5) is 8.72. The molecule has 1 aromatic rings. The normalized spacial score (nSPS) is 17.1. The SMILES string of the molecule is CC(=CCC(=N)C1=CC=C(C(F)(F)F)CC1C(F)(F)F)Cn1ccc2nc(-c3ccccc3F)nc-2c1. The highest BCUT2D eigenvalue weighted by Gasteiger charge is 2.48. The van der Waals surface area contributed by atoms with Gasteiger partial charge in [0.15, 0.2) is 5.82 Å². The number of imidazole rings is 1. The van der Waals surface area contributed by atoms with Gasteiger partial charge < -0.3 is 9.98 Å². The zero-order valence-corrected chi connectivity index (χ0v) is 19.5. The van der Waals surface area contributed by atoms with Crippen LogP contribution in [0.15, 0.2) is 77.7 Å². The first-order valence-electron chi connectivity index (χ1n) is 11.2. The van der Waals surface area contributed by atoms with Gasteiger partial charge in [-0.05, 0) is 37.1 Å². The topological polar surface area (TPSA) is 54.6 Å². The van der Waals surface area contributed by atoms with Gasteiger partial charge in [-0.3, -0.25) is 0 Å². The van der Waals surface area contributed by atoms with Gasteiger partial charge in [-0.2, -0.15) is 26.3 Å². The summed E-state index contributed by atoms with van der Waals surface area (Å²) in [7, 11) is 0. The molecule has 1 atom stereocenters. The van der Waals surface area contributed by atoms with Crippen molar-refractivity contribution in [3.05, 3.63) is 83.5 Å². The van der Waals surface area contributed by atoms with Gasteiger partial charge in [0, 0.05) is 36.6 Å². The van der Waals surface area contributed by atoms with Crippen LogP contribution in [-0.4, -0.2) is 32.6 Å². The van der Waals surface area contributed by atoms with Crippen LogP contribution in [0.1, 0.15) is 19.8 Å². The minimum atomic E-state index is -4.91. The van der Waals surface area contributed by atoms with E-state index < -0.39 is 47.4 Å². The van der Waals surface area contributed by atoms with Crippen molar-refractivity contribution < 1.29 is 30.7 Å². The Balaban J connectivity index is 1.48. The lowest BCUT2D eigenvalue weighted by molar-refractivity contribution is -0.167. The number of hydrogen-bond donors (Lipinski definition) is 1. The molecule has 0 aromatic heterocycles. The summed E-state index contributed by atoms with van der Waals surface area (Å²) < 4.78 is 95.1. The van der Waals surface area contributed by atoms with E-state index in [0.29, 0.717) is 24.0 Å². The number of aromatic nitrogens is 3. The van der Waals surface area contributed by atoms with E-state index in [4.69, 9.17) is 5.41 Å². The number of pyridine rings is 1. The molecule has 0 radical (unpaired) electrons. The number of rotatable bonds is 6. The molecule has 2 aliphatic heterocycles. The van der Waals surface area contributed by atoms with E-state index in [-0.39, 0.29) is 17.8 Å². The van der Waals surface area contributed by atoms with E-state index in [2.05, 4.69) is 9.97 Å². The third-order valence-corrected chi connectivity index (χ3v) is 6.00. The number of nitrogens with one attached hydrogen (secondary N) is 1. The molecule has 1 aliphatic carbocycles. The maximum Gasteiger partial charge on any atom is 0.412 e. The van der Waals surface area contributed by atoms with Crippen molar-refractivity contribution in [2.45, 2.75) is 38.7 Å². The van der Waals surface area contributed by atoms with E-state index in [0.717, 1.165) is 11.6 Å². The molecule has 1 unspecified atom stereocenters. The van der Waals surface area contributed by atoms with Crippen molar-refractivity contribution in [3.8, 4) is 22.8 Å². The molecule has 1 aromatic carbocycles. The van der Waals surface area contributed by atoms with Gasteiger partial charge in [-0.15, -0.1) is 0 Å². The predicted molar refractivity (Wildman–Crippen MR) is 125 cm³/mol. The molecule has 0 saturated carbocycles. The summed E-state index contributed by atoms with van der Waals surface area (Å²) in [5.41, 5.74) is -0.0535. The molecule has 0 fully saturated rings. The first-order valence-corrected chi connectivity index (χ1v) is 11.2. The quantitative estimate of drug-likeness (QED) is 0.207. The van der Waals surface area contributed by atoms with Crippen LogP contribution < -0.4 is 0 Å². The third-order valence-electron chi connectivity index (χ3n) is 6.00. The second-order valence-corrected chi connectivity index (χ2v) is 8.76. The summed E-state index contributed by atoms with van der Waals surface area (Å²) >= 11 is 0. The summed E-state index contributed by atoms with van der Waals surface area (Å²) in [5.74, 6) is -2.58. The van der Waals surface area contributed by atoms with E-state index >= 15 is 0 Å². The second kappa shape index (κ2) is 9.95. The highest BCUT2D eigenvalue weighted by Crippen LogP contribution is 2.43. The summed E-state index contributed by atoms with van der Waals surface area (Å²) in [5, 5.41) is 8.12. The number of halogens is 7. The van der Waals surface area contributed by atoms with Crippen LogP contribution in [0.5, 0.6) is 0 Å². The Bertz CT molecular complexity index is 1380. The number of benzene rings is 1. The molecule has 194 valence electrons. The summed E-state index contributed by atoms with van der Waals surface area (Å²) in [6.07, 6.45) is -4.83. The van der Waals surface area contributed by atoms with Crippen molar-refractivity contribution >= 4 is 5.71 Å². The Labute approximate surface area is 207 Å². The summed E-state index contributed by atoms with van der Waals surface area (Å²) in [6.45, 7) is 2.05. The van der Waals surface area contributed by atoms with E-state index in [1.54, 1.807) is 54.2 Å². The highest BCUT2D eigenvalue weighted by atomic mass is 19.4. The van der Waals surface area contributed by atoms with Crippen molar-refractivity contribution in [3.63, 3.8) is 0 Å². The summed E-state index contributed by atoms with van der Waals surface area (Å²) in [6, 6.07) is 7.83. The first kappa shape index (κ1) is 26.3. The van der Waals surface area contributed by atoms with Gasteiger partial charge in [-0.1, -0.05) is 35.9 Å². The van der Waals surface area contributed by atoms with Crippen LogP contribution in [0.3, 0.4) is 0 Å². The molecule has 4 rings (SSSR count). The molecular weight excluding hydrogens is 501 g/mol. The first-order chi connectivity index (χ1) is 17.3. The Morgan fingerprint density at radius 3 is 2.43 bits per heavy atom. The molecule has 4 nitrogen and oxygen atoms in total. The molecule has 0 bridgehead atoms. The molecule has 11 heteroatoms. The molecule has 1 N–H and O–H groups in total. The largest absolute Gasteiger partial charge is 0.412 e. The van der Waals surface area contributed by atoms with Gasteiger partial charge in [0.05, 0.1) is 17.2 Å². The fourth-order valence-electron chi connectivity index (χ4n) is 4.08. The number of fused-ring (bicyclic) bond motifs is 1. The third kappa shape index (κ3) is 5.98. The van der Waals surface area contributed by atoms with Crippen LogP contribution in [0.4, 0.5) is 30.7 Å². The van der Waals surface area contributed by atoms with Crippen molar-refractivity contribution in [1.29, 1.82) is 5.41 Å². The van der Waals surface area contributed by atoms with Gasteiger partial charge in [0.1, 0.15) is 11.5 Å². The molecule has 0 spiro atoms. The lowest BCUT2D eigenvalue weighted by Crippen LogP contribution is -2.32. The lowest BCUT2D eigenvalue weighted by atomic mass is 9.83. The van der Waals surface area contributed by atoms with Gasteiger partial charge >= 0.3 is 12.4 Å². The standard InChI is InChI=1S/C26H21F7N4/c1-15(6-9-21(34)17-8-7-16(25(28,29)30)12-19(17)26(31,32)33)13-37-11-10-22-23(14-37)36-24(35-22)18-4-2-3-5-20(18)27/h2-8,10-11,14,19,34H,9,12-13H2,1H3. The molecule has 2 heterocycles. The number of alkyl halides is 6. The van der Waals surface area contributed by atoms with Crippen molar-refractivity contribution in [1.82, 2.24) is 14.5 Å². The Morgan fingerprint density at radius 2 is 1.76 bits per heavy atom. The Morgan fingerprint density at radius 1 is 1.05 bits per heavy atom.